The number of nitriles is 1. The number of halogens is 1. The Morgan fingerprint density at radius 1 is 1.18 bits per heavy atom. The van der Waals surface area contributed by atoms with Gasteiger partial charge in [-0.1, -0.05) is 25.4 Å². The number of aromatic nitrogens is 3. The predicted molar refractivity (Wildman–Crippen MR) is 87.1 cm³/mol. The first-order valence-corrected chi connectivity index (χ1v) is 7.51. The summed E-state index contributed by atoms with van der Waals surface area (Å²) in [7, 11) is 0. The lowest BCUT2D eigenvalue weighted by atomic mass is 10.1. The first-order chi connectivity index (χ1) is 10.6. The maximum atomic E-state index is 9.07. The molecule has 4 nitrogen and oxygen atoms in total. The van der Waals surface area contributed by atoms with Crippen LogP contribution in [-0.4, -0.2) is 14.8 Å². The Morgan fingerprint density at radius 3 is 2.55 bits per heavy atom. The van der Waals surface area contributed by atoms with Gasteiger partial charge in [-0.05, 0) is 48.7 Å². The lowest BCUT2D eigenvalue weighted by Crippen LogP contribution is -1.99. The Balaban J connectivity index is 2.22. The van der Waals surface area contributed by atoms with Crippen LogP contribution in [0.2, 0.25) is 5.02 Å². The summed E-state index contributed by atoms with van der Waals surface area (Å²) in [6.07, 6.45) is 0.818. The molecule has 0 aliphatic rings. The number of benzene rings is 1. The molecule has 0 saturated heterocycles. The van der Waals surface area contributed by atoms with Crippen LogP contribution in [0.3, 0.4) is 0 Å². The molecule has 0 N–H and O–H groups in total. The summed E-state index contributed by atoms with van der Waals surface area (Å²) in [5.41, 5.74) is 3.95. The summed E-state index contributed by atoms with van der Waals surface area (Å²) >= 11 is 5.95. The summed E-state index contributed by atoms with van der Waals surface area (Å²) in [5.74, 6) is 0.462. The highest BCUT2D eigenvalue weighted by molar-refractivity contribution is 6.30. The number of pyridine rings is 1. The van der Waals surface area contributed by atoms with Crippen LogP contribution in [0.5, 0.6) is 0 Å². The van der Waals surface area contributed by atoms with E-state index < -0.39 is 0 Å². The Labute approximate surface area is 134 Å². The van der Waals surface area contributed by atoms with Crippen LogP contribution < -0.4 is 0 Å². The first kappa shape index (κ1) is 14.6. The molecule has 5 heteroatoms. The van der Waals surface area contributed by atoms with E-state index in [-0.39, 0.29) is 0 Å². The van der Waals surface area contributed by atoms with Crippen LogP contribution in [-0.2, 0) is 6.42 Å². The van der Waals surface area contributed by atoms with Crippen LogP contribution >= 0.6 is 11.6 Å². The molecule has 0 unspecified atom stereocenters. The van der Waals surface area contributed by atoms with Crippen LogP contribution in [0.4, 0.5) is 0 Å². The fourth-order valence-electron chi connectivity index (χ4n) is 2.42. The molecule has 0 aliphatic heterocycles. The zero-order chi connectivity index (χ0) is 15.7. The van der Waals surface area contributed by atoms with Gasteiger partial charge in [-0.25, -0.2) is 9.67 Å². The highest BCUT2D eigenvalue weighted by Gasteiger charge is 2.15. The minimum Gasteiger partial charge on any atom is -0.233 e. The quantitative estimate of drug-likeness (QED) is 0.730. The second kappa shape index (κ2) is 5.78. The molecule has 0 fully saturated rings. The summed E-state index contributed by atoms with van der Waals surface area (Å²) in [5, 5.41) is 14.5. The average Bonchev–Trinajstić information content (AvgIpc) is 2.85. The highest BCUT2D eigenvalue weighted by Crippen LogP contribution is 2.24. The van der Waals surface area contributed by atoms with E-state index in [1.165, 1.54) is 0 Å². The van der Waals surface area contributed by atoms with Crippen molar-refractivity contribution in [3.05, 3.63) is 52.8 Å². The maximum Gasteiger partial charge on any atom is 0.141 e. The molecule has 22 heavy (non-hydrogen) atoms. The van der Waals surface area contributed by atoms with Gasteiger partial charge in [-0.3, -0.25) is 0 Å². The molecule has 3 rings (SSSR count). The second-order valence-corrected chi connectivity index (χ2v) is 6.05. The second-order valence-electron chi connectivity index (χ2n) is 5.61. The summed E-state index contributed by atoms with van der Waals surface area (Å²) in [6, 6.07) is 13.2. The van der Waals surface area contributed by atoms with Crippen molar-refractivity contribution in [1.29, 1.82) is 5.26 Å². The lowest BCUT2D eigenvalue weighted by molar-refractivity contribution is 0.630. The fourth-order valence-corrected chi connectivity index (χ4v) is 2.55. The van der Waals surface area contributed by atoms with Crippen molar-refractivity contribution in [3.63, 3.8) is 0 Å². The van der Waals surface area contributed by atoms with E-state index >= 15 is 0 Å². The first-order valence-electron chi connectivity index (χ1n) is 7.13. The smallest absolute Gasteiger partial charge is 0.141 e. The Bertz CT molecular complexity index is 857. The highest BCUT2D eigenvalue weighted by atomic mass is 35.5. The molecular formula is C17H15ClN4. The standard InChI is InChI=1S/C17H15ClN4/c1-11(2)9-15-17-16(8-5-13(10-19)20-17)22(21-15)14-6-3-12(18)4-7-14/h3-8,11H,9H2,1-2H3. The molecule has 0 amide bonds. The SMILES string of the molecule is CC(C)Cc1nn(-c2ccc(Cl)cc2)c2ccc(C#N)nc12. The number of hydrogen-bond acceptors (Lipinski definition) is 3. The molecule has 0 spiro atoms. The van der Waals surface area contributed by atoms with Crippen molar-refractivity contribution < 1.29 is 0 Å². The normalized spacial score (nSPS) is 11.0. The average molecular weight is 311 g/mol. The number of nitrogens with zero attached hydrogens (tertiary/aromatic N) is 4. The molecule has 0 atom stereocenters. The van der Waals surface area contributed by atoms with E-state index in [0.29, 0.717) is 16.6 Å². The number of hydrogen-bond donors (Lipinski definition) is 0. The summed E-state index contributed by atoms with van der Waals surface area (Å²) in [6.45, 7) is 4.28. The molecule has 0 radical (unpaired) electrons. The number of fused-ring (bicyclic) bond motifs is 1. The van der Waals surface area contributed by atoms with Gasteiger partial charge in [0.05, 0.1) is 16.9 Å². The molecule has 2 aromatic heterocycles. The predicted octanol–water partition coefficient (Wildman–Crippen LogP) is 4.14. The molecule has 0 aliphatic carbocycles. The number of rotatable bonds is 3. The van der Waals surface area contributed by atoms with Crippen molar-refractivity contribution in [1.82, 2.24) is 14.8 Å². The van der Waals surface area contributed by atoms with Crippen molar-refractivity contribution in [3.8, 4) is 11.8 Å². The van der Waals surface area contributed by atoms with E-state index in [1.807, 2.05) is 35.0 Å². The molecular weight excluding hydrogens is 296 g/mol. The fraction of sp³-hybridized carbons (Fsp3) is 0.235. The molecule has 0 bridgehead atoms. The Kier molecular flexibility index (Phi) is 3.82. The Hall–Kier alpha value is -2.38. The molecule has 1 aromatic carbocycles. The molecule has 3 aromatic rings. The molecule has 0 saturated carbocycles. The third-order valence-corrected chi connectivity index (χ3v) is 3.64. The Morgan fingerprint density at radius 2 is 1.91 bits per heavy atom. The third kappa shape index (κ3) is 2.68. The lowest BCUT2D eigenvalue weighted by Gasteiger charge is -2.03. The van der Waals surface area contributed by atoms with E-state index in [1.54, 1.807) is 6.07 Å². The van der Waals surface area contributed by atoms with Crippen molar-refractivity contribution in [2.45, 2.75) is 20.3 Å². The van der Waals surface area contributed by atoms with Crippen LogP contribution in [0, 0.1) is 17.2 Å². The van der Waals surface area contributed by atoms with E-state index in [0.717, 1.165) is 28.8 Å². The zero-order valence-corrected chi connectivity index (χ0v) is 13.2. The van der Waals surface area contributed by atoms with Crippen molar-refractivity contribution >= 4 is 22.6 Å². The van der Waals surface area contributed by atoms with Gasteiger partial charge < -0.3 is 0 Å². The van der Waals surface area contributed by atoms with Gasteiger partial charge in [0.2, 0.25) is 0 Å². The van der Waals surface area contributed by atoms with Gasteiger partial charge in [-0.15, -0.1) is 0 Å². The monoisotopic (exact) mass is 310 g/mol. The van der Waals surface area contributed by atoms with Gasteiger partial charge in [0, 0.05) is 5.02 Å². The van der Waals surface area contributed by atoms with Gasteiger partial charge in [0.1, 0.15) is 17.3 Å². The third-order valence-electron chi connectivity index (χ3n) is 3.38. The molecule has 110 valence electrons. The van der Waals surface area contributed by atoms with Crippen molar-refractivity contribution in [2.75, 3.05) is 0 Å². The van der Waals surface area contributed by atoms with Crippen molar-refractivity contribution in [2.24, 2.45) is 5.92 Å². The van der Waals surface area contributed by atoms with Gasteiger partial charge in [0.15, 0.2) is 0 Å². The van der Waals surface area contributed by atoms with Gasteiger partial charge >= 0.3 is 0 Å². The summed E-state index contributed by atoms with van der Waals surface area (Å²) < 4.78 is 1.86. The zero-order valence-electron chi connectivity index (χ0n) is 12.4. The van der Waals surface area contributed by atoms with Gasteiger partial charge in [0.25, 0.3) is 0 Å². The maximum absolute atomic E-state index is 9.07. The van der Waals surface area contributed by atoms with Crippen LogP contribution in [0.15, 0.2) is 36.4 Å². The topological polar surface area (TPSA) is 54.5 Å². The van der Waals surface area contributed by atoms with E-state index in [4.69, 9.17) is 22.0 Å². The summed E-state index contributed by atoms with van der Waals surface area (Å²) in [4.78, 5) is 4.44. The van der Waals surface area contributed by atoms with Crippen LogP contribution in [0.1, 0.15) is 25.2 Å². The minimum absolute atomic E-state index is 0.410. The van der Waals surface area contributed by atoms with E-state index in [9.17, 15) is 0 Å². The minimum atomic E-state index is 0.410. The largest absolute Gasteiger partial charge is 0.233 e. The van der Waals surface area contributed by atoms with Crippen LogP contribution in [0.25, 0.3) is 16.7 Å². The molecule has 2 heterocycles. The van der Waals surface area contributed by atoms with Gasteiger partial charge in [-0.2, -0.15) is 10.4 Å². The van der Waals surface area contributed by atoms with E-state index in [2.05, 4.69) is 24.9 Å².